The minimum atomic E-state index is -0.410. The van der Waals surface area contributed by atoms with Gasteiger partial charge in [0, 0.05) is 25.2 Å². The second-order valence-electron chi connectivity index (χ2n) is 6.09. The van der Waals surface area contributed by atoms with Crippen LogP contribution in [0.5, 0.6) is 0 Å². The Hall–Kier alpha value is -2.08. The molecule has 0 atom stereocenters. The minimum Gasteiger partial charge on any atom is -0.366 e. The summed E-state index contributed by atoms with van der Waals surface area (Å²) in [7, 11) is 0. The van der Waals surface area contributed by atoms with Gasteiger partial charge in [0.2, 0.25) is 5.91 Å². The lowest BCUT2D eigenvalue weighted by atomic mass is 10.1. The van der Waals surface area contributed by atoms with Gasteiger partial charge in [-0.2, -0.15) is 0 Å². The first kappa shape index (κ1) is 18.3. The normalized spacial score (nSPS) is 16.0. The fraction of sp³-hybridized carbons (Fsp3) is 0.556. The summed E-state index contributed by atoms with van der Waals surface area (Å²) in [5.74, 6) is 0.395. The maximum atomic E-state index is 11.2. The minimum absolute atomic E-state index is 0.410. The van der Waals surface area contributed by atoms with Crippen molar-refractivity contribution in [2.24, 2.45) is 10.7 Å². The van der Waals surface area contributed by atoms with Gasteiger partial charge in [-0.3, -0.25) is 4.79 Å². The van der Waals surface area contributed by atoms with E-state index in [2.05, 4.69) is 27.4 Å². The zero-order valence-electron chi connectivity index (χ0n) is 14.6. The Bertz CT molecular complexity index is 552. The molecule has 1 fully saturated rings. The number of nitrogens with two attached hydrogens (primary N) is 1. The van der Waals surface area contributed by atoms with Gasteiger partial charge in [0.05, 0.1) is 6.54 Å². The molecule has 24 heavy (non-hydrogen) atoms. The summed E-state index contributed by atoms with van der Waals surface area (Å²) in [4.78, 5) is 18.3. The molecule has 1 aromatic carbocycles. The maximum absolute atomic E-state index is 11.2. The first-order valence-electron chi connectivity index (χ1n) is 8.82. The van der Waals surface area contributed by atoms with Crippen molar-refractivity contribution in [3.05, 3.63) is 35.4 Å². The monoisotopic (exact) mass is 331 g/mol. The van der Waals surface area contributed by atoms with Gasteiger partial charge in [0.25, 0.3) is 0 Å². The molecule has 1 aromatic rings. The number of guanidine groups is 1. The van der Waals surface area contributed by atoms with E-state index in [1.54, 1.807) is 12.1 Å². The lowest BCUT2D eigenvalue weighted by Crippen LogP contribution is -2.42. The summed E-state index contributed by atoms with van der Waals surface area (Å²) in [6, 6.07) is 7.30. The van der Waals surface area contributed by atoms with Crippen LogP contribution in [-0.4, -0.2) is 49.5 Å². The smallest absolute Gasteiger partial charge is 0.248 e. The van der Waals surface area contributed by atoms with Gasteiger partial charge in [-0.15, -0.1) is 0 Å². The predicted octanol–water partition coefficient (Wildman–Crippen LogP) is 1.33. The topological polar surface area (TPSA) is 82.7 Å². The number of likely N-dealkylation sites (tertiary alicyclic amines) is 1. The number of amides is 1. The van der Waals surface area contributed by atoms with Crippen LogP contribution >= 0.6 is 0 Å². The molecule has 0 aromatic heterocycles. The fourth-order valence-corrected chi connectivity index (χ4v) is 2.85. The van der Waals surface area contributed by atoms with Crippen molar-refractivity contribution in [3.8, 4) is 0 Å². The maximum Gasteiger partial charge on any atom is 0.248 e. The van der Waals surface area contributed by atoms with E-state index in [4.69, 9.17) is 5.73 Å². The lowest BCUT2D eigenvalue weighted by molar-refractivity contribution is 0.1000. The SMILES string of the molecule is CCNC(=NCc1cccc(C(N)=O)c1)NCCN1CCCCC1. The molecule has 1 amide bonds. The van der Waals surface area contributed by atoms with E-state index in [1.165, 1.54) is 32.4 Å². The number of hydrogen-bond donors (Lipinski definition) is 3. The molecule has 4 N–H and O–H groups in total. The Morgan fingerprint density at radius 3 is 2.75 bits per heavy atom. The van der Waals surface area contributed by atoms with Gasteiger partial charge in [0.1, 0.15) is 0 Å². The number of piperidine rings is 1. The molecule has 132 valence electrons. The number of rotatable bonds is 7. The number of carbonyl (C=O) groups is 1. The van der Waals surface area contributed by atoms with Crippen molar-refractivity contribution < 1.29 is 4.79 Å². The average Bonchev–Trinajstić information content (AvgIpc) is 2.61. The van der Waals surface area contributed by atoms with Crippen LogP contribution in [0.15, 0.2) is 29.3 Å². The van der Waals surface area contributed by atoms with Gasteiger partial charge >= 0.3 is 0 Å². The summed E-state index contributed by atoms with van der Waals surface area (Å²) in [6.07, 6.45) is 3.98. The third-order valence-corrected chi connectivity index (χ3v) is 4.14. The number of aliphatic imine (C=N–C) groups is 1. The largest absolute Gasteiger partial charge is 0.366 e. The molecular weight excluding hydrogens is 302 g/mol. The van der Waals surface area contributed by atoms with Crippen molar-refractivity contribution in [2.75, 3.05) is 32.7 Å². The highest BCUT2D eigenvalue weighted by Crippen LogP contribution is 2.07. The standard InChI is InChI=1S/C18H29N5O/c1-2-20-18(21-9-12-23-10-4-3-5-11-23)22-14-15-7-6-8-16(13-15)17(19)24/h6-8,13H,2-5,9-12,14H2,1H3,(H2,19,24)(H2,20,21,22). The highest BCUT2D eigenvalue weighted by molar-refractivity contribution is 5.92. The zero-order chi connectivity index (χ0) is 17.2. The van der Waals surface area contributed by atoms with Crippen LogP contribution in [0.3, 0.4) is 0 Å². The second kappa shape index (κ2) is 9.93. The van der Waals surface area contributed by atoms with Gasteiger partial charge in [-0.05, 0) is 50.6 Å². The van der Waals surface area contributed by atoms with Gasteiger partial charge in [0.15, 0.2) is 5.96 Å². The fourth-order valence-electron chi connectivity index (χ4n) is 2.85. The number of nitrogens with one attached hydrogen (secondary N) is 2. The van der Waals surface area contributed by atoms with E-state index in [9.17, 15) is 4.79 Å². The van der Waals surface area contributed by atoms with E-state index < -0.39 is 5.91 Å². The van der Waals surface area contributed by atoms with Crippen molar-refractivity contribution >= 4 is 11.9 Å². The molecule has 6 heteroatoms. The lowest BCUT2D eigenvalue weighted by Gasteiger charge is -2.26. The Morgan fingerprint density at radius 2 is 2.04 bits per heavy atom. The molecule has 1 aliphatic rings. The van der Waals surface area contributed by atoms with Crippen molar-refractivity contribution in [1.82, 2.24) is 15.5 Å². The summed E-state index contributed by atoms with van der Waals surface area (Å²) < 4.78 is 0. The third kappa shape index (κ3) is 6.20. The quantitative estimate of drug-likeness (QED) is 0.520. The molecule has 6 nitrogen and oxygen atoms in total. The molecule has 1 saturated heterocycles. The molecule has 0 saturated carbocycles. The predicted molar refractivity (Wildman–Crippen MR) is 98.1 cm³/mol. The molecule has 0 bridgehead atoms. The molecule has 0 unspecified atom stereocenters. The van der Waals surface area contributed by atoms with Crippen molar-refractivity contribution in [2.45, 2.75) is 32.7 Å². The molecule has 0 spiro atoms. The summed E-state index contributed by atoms with van der Waals surface area (Å²) in [5.41, 5.74) is 6.81. The molecule has 0 radical (unpaired) electrons. The number of primary amides is 1. The third-order valence-electron chi connectivity index (χ3n) is 4.14. The molecule has 2 rings (SSSR count). The molecule has 1 heterocycles. The van der Waals surface area contributed by atoms with Gasteiger partial charge in [-0.1, -0.05) is 18.6 Å². The van der Waals surface area contributed by atoms with E-state index >= 15 is 0 Å². The molecule has 0 aliphatic carbocycles. The van der Waals surface area contributed by atoms with Crippen LogP contribution in [0, 0.1) is 0 Å². The van der Waals surface area contributed by atoms with Crippen molar-refractivity contribution in [3.63, 3.8) is 0 Å². The Labute approximate surface area is 144 Å². The first-order valence-corrected chi connectivity index (χ1v) is 8.82. The Morgan fingerprint density at radius 1 is 1.25 bits per heavy atom. The first-order chi connectivity index (χ1) is 11.7. The molecule has 1 aliphatic heterocycles. The Balaban J connectivity index is 1.85. The van der Waals surface area contributed by atoms with Crippen LogP contribution in [-0.2, 0) is 6.54 Å². The highest BCUT2D eigenvalue weighted by atomic mass is 16.1. The van der Waals surface area contributed by atoms with Crippen LogP contribution in [0.4, 0.5) is 0 Å². The van der Waals surface area contributed by atoms with Gasteiger partial charge < -0.3 is 21.3 Å². The number of nitrogens with zero attached hydrogens (tertiary/aromatic N) is 2. The second-order valence-corrected chi connectivity index (χ2v) is 6.09. The highest BCUT2D eigenvalue weighted by Gasteiger charge is 2.09. The zero-order valence-corrected chi connectivity index (χ0v) is 14.6. The van der Waals surface area contributed by atoms with Crippen LogP contribution < -0.4 is 16.4 Å². The van der Waals surface area contributed by atoms with Crippen LogP contribution in [0.1, 0.15) is 42.1 Å². The van der Waals surface area contributed by atoms with E-state index in [0.717, 1.165) is 31.2 Å². The number of hydrogen-bond acceptors (Lipinski definition) is 3. The van der Waals surface area contributed by atoms with Crippen molar-refractivity contribution in [1.29, 1.82) is 0 Å². The summed E-state index contributed by atoms with van der Waals surface area (Å²) >= 11 is 0. The van der Waals surface area contributed by atoms with Crippen LogP contribution in [0.2, 0.25) is 0 Å². The summed E-state index contributed by atoms with van der Waals surface area (Å²) in [5, 5.41) is 6.64. The number of benzene rings is 1. The summed E-state index contributed by atoms with van der Waals surface area (Å²) in [6.45, 7) is 7.71. The van der Waals surface area contributed by atoms with E-state index in [-0.39, 0.29) is 0 Å². The average molecular weight is 331 g/mol. The van der Waals surface area contributed by atoms with E-state index in [1.807, 2.05) is 12.1 Å². The Kier molecular flexibility index (Phi) is 7.55. The van der Waals surface area contributed by atoms with E-state index in [0.29, 0.717) is 12.1 Å². The van der Waals surface area contributed by atoms with Crippen LogP contribution in [0.25, 0.3) is 0 Å². The van der Waals surface area contributed by atoms with Gasteiger partial charge in [-0.25, -0.2) is 4.99 Å². The number of carbonyl (C=O) groups excluding carboxylic acids is 1. The molecular formula is C18H29N5O.